The van der Waals surface area contributed by atoms with E-state index in [2.05, 4.69) is 27.9 Å². The predicted molar refractivity (Wildman–Crippen MR) is 79.6 cm³/mol. The summed E-state index contributed by atoms with van der Waals surface area (Å²) in [6.07, 6.45) is 8.52. The monoisotopic (exact) mass is 275 g/mol. The summed E-state index contributed by atoms with van der Waals surface area (Å²) >= 11 is 1.89. The third kappa shape index (κ3) is 2.47. The quantitative estimate of drug-likeness (QED) is 0.932. The summed E-state index contributed by atoms with van der Waals surface area (Å²) in [5.74, 6) is 1.63. The van der Waals surface area contributed by atoms with Gasteiger partial charge in [-0.3, -0.25) is 0 Å². The second kappa shape index (κ2) is 5.47. The van der Waals surface area contributed by atoms with Crippen LogP contribution in [-0.2, 0) is 19.4 Å². The topological polar surface area (TPSA) is 43.8 Å². The molecule has 4 heteroatoms. The van der Waals surface area contributed by atoms with Crippen molar-refractivity contribution in [2.45, 2.75) is 51.1 Å². The molecule has 0 aliphatic heterocycles. The number of aromatic nitrogens is 2. The number of aryl methyl sites for hydroxylation is 2. The van der Waals surface area contributed by atoms with Gasteiger partial charge in [0.05, 0.1) is 0 Å². The maximum Gasteiger partial charge on any atom is 0.110 e. The molecule has 2 N–H and O–H groups in total. The third-order valence-corrected chi connectivity index (χ3v) is 5.17. The van der Waals surface area contributed by atoms with Crippen molar-refractivity contribution < 1.29 is 0 Å². The van der Waals surface area contributed by atoms with Gasteiger partial charge in [-0.2, -0.15) is 0 Å². The Kier molecular flexibility index (Phi) is 3.71. The van der Waals surface area contributed by atoms with E-state index >= 15 is 0 Å². The molecule has 2 atom stereocenters. The zero-order valence-corrected chi connectivity index (χ0v) is 12.2. The third-order valence-electron chi connectivity index (χ3n) is 4.18. The molecule has 102 valence electrons. The average Bonchev–Trinajstić information content (AvgIpc) is 3.05. The van der Waals surface area contributed by atoms with Gasteiger partial charge >= 0.3 is 0 Å². The van der Waals surface area contributed by atoms with Crippen LogP contribution in [0.25, 0.3) is 0 Å². The van der Waals surface area contributed by atoms with E-state index in [9.17, 15) is 0 Å². The molecular weight excluding hydrogens is 254 g/mol. The molecular formula is C15H21N3S. The SMILES string of the molecule is CCn1ccnc1CC(N)C1CCCc2sccc21. The Balaban J connectivity index is 1.77. The van der Waals surface area contributed by atoms with Crippen LogP contribution in [0.1, 0.15) is 41.9 Å². The van der Waals surface area contributed by atoms with E-state index < -0.39 is 0 Å². The summed E-state index contributed by atoms with van der Waals surface area (Å²) in [6, 6.07) is 2.46. The van der Waals surface area contributed by atoms with Crippen molar-refractivity contribution in [1.29, 1.82) is 0 Å². The lowest BCUT2D eigenvalue weighted by molar-refractivity contribution is 0.452. The van der Waals surface area contributed by atoms with Crippen molar-refractivity contribution in [3.8, 4) is 0 Å². The fourth-order valence-corrected chi connectivity index (χ4v) is 4.13. The van der Waals surface area contributed by atoms with Crippen LogP contribution in [0.4, 0.5) is 0 Å². The van der Waals surface area contributed by atoms with E-state index in [1.54, 1.807) is 4.88 Å². The Morgan fingerprint density at radius 1 is 1.58 bits per heavy atom. The summed E-state index contributed by atoms with van der Waals surface area (Å²) in [7, 11) is 0. The van der Waals surface area contributed by atoms with Gasteiger partial charge in [-0.25, -0.2) is 4.98 Å². The first-order chi connectivity index (χ1) is 9.29. The first-order valence-electron chi connectivity index (χ1n) is 7.11. The van der Waals surface area contributed by atoms with Crippen molar-refractivity contribution >= 4 is 11.3 Å². The second-order valence-electron chi connectivity index (χ2n) is 5.30. The molecule has 0 bridgehead atoms. The van der Waals surface area contributed by atoms with E-state index in [4.69, 9.17) is 5.73 Å². The van der Waals surface area contributed by atoms with Crippen molar-refractivity contribution in [3.63, 3.8) is 0 Å². The smallest absolute Gasteiger partial charge is 0.110 e. The van der Waals surface area contributed by atoms with Crippen LogP contribution in [0.3, 0.4) is 0 Å². The van der Waals surface area contributed by atoms with E-state index in [0.717, 1.165) is 18.8 Å². The van der Waals surface area contributed by atoms with Gasteiger partial charge in [0.25, 0.3) is 0 Å². The van der Waals surface area contributed by atoms with Crippen LogP contribution in [0.5, 0.6) is 0 Å². The molecule has 0 spiro atoms. The normalized spacial score (nSPS) is 20.2. The first-order valence-corrected chi connectivity index (χ1v) is 7.99. The Labute approximate surface area is 118 Å². The minimum atomic E-state index is 0.182. The van der Waals surface area contributed by atoms with Gasteiger partial charge in [-0.1, -0.05) is 0 Å². The van der Waals surface area contributed by atoms with Crippen molar-refractivity contribution in [1.82, 2.24) is 9.55 Å². The van der Waals surface area contributed by atoms with Gasteiger partial charge in [0.2, 0.25) is 0 Å². The summed E-state index contributed by atoms with van der Waals surface area (Å²) in [5.41, 5.74) is 7.99. The number of hydrogen-bond donors (Lipinski definition) is 1. The van der Waals surface area contributed by atoms with Crippen LogP contribution < -0.4 is 5.73 Å². The van der Waals surface area contributed by atoms with Crippen molar-refractivity contribution in [2.75, 3.05) is 0 Å². The maximum absolute atomic E-state index is 6.49. The predicted octanol–water partition coefficient (Wildman–Crippen LogP) is 2.95. The Morgan fingerprint density at radius 2 is 2.47 bits per heavy atom. The minimum absolute atomic E-state index is 0.182. The van der Waals surface area contributed by atoms with Crippen LogP contribution in [-0.4, -0.2) is 15.6 Å². The fraction of sp³-hybridized carbons (Fsp3) is 0.533. The molecule has 1 aliphatic carbocycles. The molecule has 2 aromatic heterocycles. The minimum Gasteiger partial charge on any atom is -0.335 e. The fourth-order valence-electron chi connectivity index (χ4n) is 3.14. The Hall–Kier alpha value is -1.13. The zero-order chi connectivity index (χ0) is 13.2. The van der Waals surface area contributed by atoms with Crippen LogP contribution in [0, 0.1) is 0 Å². The Morgan fingerprint density at radius 3 is 3.32 bits per heavy atom. The summed E-state index contributed by atoms with van der Waals surface area (Å²) in [5, 5.41) is 2.21. The molecule has 0 saturated heterocycles. The lowest BCUT2D eigenvalue weighted by Crippen LogP contribution is -2.33. The first kappa shape index (κ1) is 12.9. The maximum atomic E-state index is 6.49. The summed E-state index contributed by atoms with van der Waals surface area (Å²) in [4.78, 5) is 6.00. The van der Waals surface area contributed by atoms with Gasteiger partial charge in [0, 0.05) is 42.2 Å². The lowest BCUT2D eigenvalue weighted by atomic mass is 9.81. The lowest BCUT2D eigenvalue weighted by Gasteiger charge is -2.28. The molecule has 19 heavy (non-hydrogen) atoms. The summed E-state index contributed by atoms with van der Waals surface area (Å²) < 4.78 is 2.19. The highest BCUT2D eigenvalue weighted by atomic mass is 32.1. The number of nitrogens with zero attached hydrogens (tertiary/aromatic N) is 2. The Bertz CT molecular complexity index is 543. The number of rotatable bonds is 4. The molecule has 3 rings (SSSR count). The number of imidazole rings is 1. The van der Waals surface area contributed by atoms with Gasteiger partial charge in [0.1, 0.15) is 5.82 Å². The van der Waals surface area contributed by atoms with E-state index in [0.29, 0.717) is 5.92 Å². The molecule has 0 saturated carbocycles. The highest BCUT2D eigenvalue weighted by Gasteiger charge is 2.27. The highest BCUT2D eigenvalue weighted by Crippen LogP contribution is 2.37. The average molecular weight is 275 g/mol. The number of hydrogen-bond acceptors (Lipinski definition) is 3. The molecule has 0 aromatic carbocycles. The molecule has 2 aromatic rings. The van der Waals surface area contributed by atoms with Gasteiger partial charge in [0.15, 0.2) is 0 Å². The zero-order valence-electron chi connectivity index (χ0n) is 11.4. The van der Waals surface area contributed by atoms with Gasteiger partial charge in [-0.05, 0) is 43.2 Å². The molecule has 3 nitrogen and oxygen atoms in total. The number of fused-ring (bicyclic) bond motifs is 1. The van der Waals surface area contributed by atoms with Gasteiger partial charge < -0.3 is 10.3 Å². The van der Waals surface area contributed by atoms with E-state index in [1.165, 1.54) is 24.8 Å². The number of thiophene rings is 1. The largest absolute Gasteiger partial charge is 0.335 e. The highest BCUT2D eigenvalue weighted by molar-refractivity contribution is 7.10. The van der Waals surface area contributed by atoms with E-state index in [1.807, 2.05) is 23.7 Å². The second-order valence-corrected chi connectivity index (χ2v) is 6.30. The van der Waals surface area contributed by atoms with Crippen LogP contribution in [0.15, 0.2) is 23.8 Å². The molecule has 0 amide bonds. The molecule has 2 unspecified atom stereocenters. The summed E-state index contributed by atoms with van der Waals surface area (Å²) in [6.45, 7) is 3.12. The van der Waals surface area contributed by atoms with Crippen molar-refractivity contribution in [3.05, 3.63) is 40.1 Å². The molecule has 1 aliphatic rings. The van der Waals surface area contributed by atoms with Crippen LogP contribution in [0.2, 0.25) is 0 Å². The van der Waals surface area contributed by atoms with Crippen molar-refractivity contribution in [2.24, 2.45) is 5.73 Å². The standard InChI is InChI=1S/C15H21N3S/c1-2-18-8-7-17-15(18)10-13(16)11-4-3-5-14-12(11)6-9-19-14/h6-9,11,13H,2-5,10,16H2,1H3. The van der Waals surface area contributed by atoms with Crippen LogP contribution >= 0.6 is 11.3 Å². The van der Waals surface area contributed by atoms with E-state index in [-0.39, 0.29) is 6.04 Å². The molecule has 0 fully saturated rings. The number of nitrogens with two attached hydrogens (primary N) is 1. The molecule has 0 radical (unpaired) electrons. The van der Waals surface area contributed by atoms with Gasteiger partial charge in [-0.15, -0.1) is 11.3 Å². The molecule has 2 heterocycles.